The summed E-state index contributed by atoms with van der Waals surface area (Å²) >= 11 is 0. The molecule has 1 atom stereocenters. The van der Waals surface area contributed by atoms with E-state index in [0.29, 0.717) is 29.6 Å². The molecule has 0 radical (unpaired) electrons. The van der Waals surface area contributed by atoms with Gasteiger partial charge in [-0.05, 0) is 24.5 Å². The van der Waals surface area contributed by atoms with E-state index in [9.17, 15) is 14.7 Å². The first-order valence-electron chi connectivity index (χ1n) is 9.12. The Morgan fingerprint density at radius 2 is 2.00 bits per heavy atom. The molecule has 1 N–H and O–H groups in total. The first kappa shape index (κ1) is 18.3. The van der Waals surface area contributed by atoms with Gasteiger partial charge in [0.05, 0.1) is 13.7 Å². The van der Waals surface area contributed by atoms with E-state index in [1.807, 2.05) is 0 Å². The molecule has 0 spiro atoms. The van der Waals surface area contributed by atoms with Gasteiger partial charge in [-0.1, -0.05) is 38.2 Å². The fourth-order valence-corrected chi connectivity index (χ4v) is 3.75. The van der Waals surface area contributed by atoms with Gasteiger partial charge >= 0.3 is 5.97 Å². The van der Waals surface area contributed by atoms with Crippen LogP contribution in [0.4, 0.5) is 0 Å². The average molecular weight is 359 g/mol. The minimum atomic E-state index is -0.944. The van der Waals surface area contributed by atoms with Gasteiger partial charge in [-0.2, -0.15) is 0 Å². The minimum Gasteiger partial charge on any atom is -0.497 e. The molecule has 1 aliphatic heterocycles. The van der Waals surface area contributed by atoms with Gasteiger partial charge in [-0.25, -0.2) is 4.79 Å². The Morgan fingerprint density at radius 1 is 1.27 bits per heavy atom. The molecule has 2 aliphatic rings. The molecule has 6 heteroatoms. The van der Waals surface area contributed by atoms with Gasteiger partial charge in [0.2, 0.25) is 0 Å². The van der Waals surface area contributed by atoms with Crippen molar-refractivity contribution in [2.24, 2.45) is 5.92 Å². The highest BCUT2D eigenvalue weighted by molar-refractivity contribution is 5.94. The molecule has 0 saturated heterocycles. The molecule has 1 heterocycles. The highest BCUT2D eigenvalue weighted by Gasteiger charge is 2.36. The molecule has 1 unspecified atom stereocenters. The van der Waals surface area contributed by atoms with Crippen LogP contribution in [-0.2, 0) is 9.59 Å². The second-order valence-electron chi connectivity index (χ2n) is 6.95. The summed E-state index contributed by atoms with van der Waals surface area (Å²) in [7, 11) is 1.57. The maximum atomic E-state index is 12.4. The normalized spacial score (nSPS) is 19.2. The molecule has 1 aliphatic carbocycles. The largest absolute Gasteiger partial charge is 0.497 e. The van der Waals surface area contributed by atoms with Gasteiger partial charge in [0.15, 0.2) is 0 Å². The molecule has 0 bridgehead atoms. The van der Waals surface area contributed by atoms with Gasteiger partial charge in [-0.15, -0.1) is 0 Å². The van der Waals surface area contributed by atoms with Gasteiger partial charge in [-0.3, -0.25) is 4.79 Å². The van der Waals surface area contributed by atoms with E-state index in [0.717, 1.165) is 25.7 Å². The van der Waals surface area contributed by atoms with E-state index in [1.165, 1.54) is 17.4 Å². The van der Waals surface area contributed by atoms with E-state index in [-0.39, 0.29) is 12.5 Å². The van der Waals surface area contributed by atoms with Crippen LogP contribution >= 0.6 is 0 Å². The van der Waals surface area contributed by atoms with Crippen molar-refractivity contribution < 1.29 is 24.2 Å². The van der Waals surface area contributed by atoms with Gasteiger partial charge in [0, 0.05) is 12.1 Å². The molecule has 26 heavy (non-hydrogen) atoms. The number of nitrogens with zero attached hydrogens (tertiary/aromatic N) is 1. The number of carboxylic acid groups (broad SMARTS) is 1. The first-order valence-corrected chi connectivity index (χ1v) is 9.12. The standard InChI is InChI=1S/C20H25NO5/c1-25-15-8-5-9-16(11-15)26-17-12-19(22)21(13-17)18(20(23)24)10-14-6-3-2-4-7-14/h5,8-9,11-12,14,18H,2-4,6-7,10,13H2,1H3,(H,23,24). The molecule has 1 amide bonds. The maximum absolute atomic E-state index is 12.4. The fraction of sp³-hybridized carbons (Fsp3) is 0.500. The van der Waals surface area contributed by atoms with Crippen LogP contribution in [0.1, 0.15) is 38.5 Å². The highest BCUT2D eigenvalue weighted by Crippen LogP contribution is 2.30. The van der Waals surface area contributed by atoms with Crippen molar-refractivity contribution in [3.05, 3.63) is 36.1 Å². The topological polar surface area (TPSA) is 76.1 Å². The number of aliphatic carboxylic acids is 1. The summed E-state index contributed by atoms with van der Waals surface area (Å²) in [4.78, 5) is 25.6. The second-order valence-corrected chi connectivity index (χ2v) is 6.95. The lowest BCUT2D eigenvalue weighted by atomic mass is 9.84. The number of amides is 1. The third-order valence-electron chi connectivity index (χ3n) is 5.13. The zero-order valence-corrected chi connectivity index (χ0v) is 15.0. The summed E-state index contributed by atoms with van der Waals surface area (Å²) in [6.45, 7) is 0.180. The number of hydrogen-bond acceptors (Lipinski definition) is 4. The average Bonchev–Trinajstić information content (AvgIpc) is 3.00. The van der Waals surface area contributed by atoms with Crippen LogP contribution in [0.3, 0.4) is 0 Å². The molecule has 3 rings (SSSR count). The lowest BCUT2D eigenvalue weighted by Gasteiger charge is -2.30. The monoisotopic (exact) mass is 359 g/mol. The maximum Gasteiger partial charge on any atom is 0.326 e. The summed E-state index contributed by atoms with van der Waals surface area (Å²) in [5, 5.41) is 9.65. The molecule has 6 nitrogen and oxygen atoms in total. The van der Waals surface area contributed by atoms with Gasteiger partial charge in [0.25, 0.3) is 5.91 Å². The summed E-state index contributed by atoms with van der Waals surface area (Å²) in [6, 6.07) is 6.30. The van der Waals surface area contributed by atoms with E-state index < -0.39 is 12.0 Å². The smallest absolute Gasteiger partial charge is 0.326 e. The third kappa shape index (κ3) is 4.36. The molecule has 0 aromatic heterocycles. The molecule has 1 aromatic carbocycles. The van der Waals surface area contributed by atoms with E-state index in [2.05, 4.69) is 0 Å². The van der Waals surface area contributed by atoms with Crippen LogP contribution in [0, 0.1) is 5.92 Å². The minimum absolute atomic E-state index is 0.180. The van der Waals surface area contributed by atoms with Crippen molar-refractivity contribution in [2.45, 2.75) is 44.6 Å². The van der Waals surface area contributed by atoms with Gasteiger partial charge < -0.3 is 19.5 Å². The molecule has 1 fully saturated rings. The zero-order valence-electron chi connectivity index (χ0n) is 15.0. The second kappa shape index (κ2) is 8.25. The van der Waals surface area contributed by atoms with E-state index >= 15 is 0 Å². The van der Waals surface area contributed by atoms with Gasteiger partial charge in [0.1, 0.15) is 23.3 Å². The molecular weight excluding hydrogens is 334 g/mol. The summed E-state index contributed by atoms with van der Waals surface area (Å²) in [6.07, 6.45) is 7.51. The highest BCUT2D eigenvalue weighted by atomic mass is 16.5. The van der Waals surface area contributed by atoms with Crippen molar-refractivity contribution in [1.29, 1.82) is 0 Å². The van der Waals surface area contributed by atoms with Crippen molar-refractivity contribution in [3.8, 4) is 11.5 Å². The summed E-state index contributed by atoms with van der Waals surface area (Å²) < 4.78 is 10.9. The third-order valence-corrected chi connectivity index (χ3v) is 5.13. The predicted octanol–water partition coefficient (Wildman–Crippen LogP) is 3.22. The SMILES string of the molecule is COc1cccc(OC2=CC(=O)N(C(CC3CCCCC3)C(=O)O)C2)c1. The van der Waals surface area contributed by atoms with Crippen LogP contribution < -0.4 is 9.47 Å². The van der Waals surface area contributed by atoms with Crippen LogP contribution in [0.15, 0.2) is 36.1 Å². The summed E-state index contributed by atoms with van der Waals surface area (Å²) in [5.41, 5.74) is 0. The Kier molecular flexibility index (Phi) is 5.81. The zero-order chi connectivity index (χ0) is 18.5. The first-order chi connectivity index (χ1) is 12.6. The number of carbonyl (C=O) groups excluding carboxylic acids is 1. The fourth-order valence-electron chi connectivity index (χ4n) is 3.75. The Bertz CT molecular complexity index is 693. The van der Waals surface area contributed by atoms with Crippen molar-refractivity contribution >= 4 is 11.9 Å². The Morgan fingerprint density at radius 3 is 2.69 bits per heavy atom. The lowest BCUT2D eigenvalue weighted by molar-refractivity contribution is -0.148. The Hall–Kier alpha value is -2.50. The number of carboxylic acids is 1. The van der Waals surface area contributed by atoms with Crippen molar-refractivity contribution in [2.75, 3.05) is 13.7 Å². The van der Waals surface area contributed by atoms with Crippen LogP contribution in [0.25, 0.3) is 0 Å². The lowest BCUT2D eigenvalue weighted by Crippen LogP contribution is -2.44. The Balaban J connectivity index is 1.65. The number of hydrogen-bond donors (Lipinski definition) is 1. The van der Waals surface area contributed by atoms with Crippen molar-refractivity contribution in [3.63, 3.8) is 0 Å². The van der Waals surface area contributed by atoms with Crippen LogP contribution in [0.2, 0.25) is 0 Å². The number of benzene rings is 1. The van der Waals surface area contributed by atoms with E-state index in [1.54, 1.807) is 31.4 Å². The van der Waals surface area contributed by atoms with Crippen LogP contribution in [0.5, 0.6) is 11.5 Å². The van der Waals surface area contributed by atoms with Crippen LogP contribution in [-0.4, -0.2) is 41.6 Å². The molecule has 1 aromatic rings. The molecule has 1 saturated carbocycles. The number of methoxy groups -OCH3 is 1. The summed E-state index contributed by atoms with van der Waals surface area (Å²) in [5.74, 6) is 0.805. The molecular formula is C20H25NO5. The molecule has 140 valence electrons. The van der Waals surface area contributed by atoms with Crippen molar-refractivity contribution in [1.82, 2.24) is 4.90 Å². The Labute approximate surface area is 153 Å². The quantitative estimate of drug-likeness (QED) is 0.809. The number of ether oxygens (including phenoxy) is 2. The number of rotatable bonds is 7. The number of carbonyl (C=O) groups is 2. The van der Waals surface area contributed by atoms with E-state index in [4.69, 9.17) is 9.47 Å². The predicted molar refractivity (Wildman–Crippen MR) is 96.0 cm³/mol.